The number of hydrogen-bond acceptors (Lipinski definition) is 3. The van der Waals surface area contributed by atoms with Crippen molar-refractivity contribution >= 4 is 48.5 Å². The zero-order chi connectivity index (χ0) is 18.8. The second-order valence-corrected chi connectivity index (χ2v) is 10.00. The second-order valence-electron chi connectivity index (χ2n) is 6.42. The Balaban J connectivity index is 0.000000122. The molecule has 0 fully saturated rings. The van der Waals surface area contributed by atoms with Crippen molar-refractivity contribution in [3.63, 3.8) is 0 Å². The molecule has 0 saturated heterocycles. The summed E-state index contributed by atoms with van der Waals surface area (Å²) in [7, 11) is 0. The Labute approximate surface area is 174 Å². The molecule has 0 amide bonds. The fraction of sp³-hybridized carbons (Fsp3) is 0. The van der Waals surface area contributed by atoms with Crippen LogP contribution in [-0.2, 0) is 0 Å². The quantitative estimate of drug-likeness (QED) is 0.332. The molecule has 0 aliphatic carbocycles. The number of rotatable bonds is 0. The molecule has 0 atom stereocenters. The summed E-state index contributed by atoms with van der Waals surface area (Å²) in [4.78, 5) is 7.23. The molecule has 134 valence electrons. The molecular weight excluding hydrogens is 423 g/mol. The smallest absolute Gasteiger partial charge is 0.0526 e. The first-order chi connectivity index (χ1) is 13.9. The van der Waals surface area contributed by atoms with Crippen LogP contribution in [0.4, 0.5) is 17.1 Å². The van der Waals surface area contributed by atoms with Crippen LogP contribution in [0.5, 0.6) is 0 Å². The molecule has 28 heavy (non-hydrogen) atoms. The van der Waals surface area contributed by atoms with Crippen LogP contribution < -0.4 is 15.0 Å². The van der Waals surface area contributed by atoms with Crippen LogP contribution in [0.25, 0.3) is 0 Å². The minimum Gasteiger partial charge on any atom is -0.354 e. The summed E-state index contributed by atoms with van der Waals surface area (Å²) in [6.45, 7) is 0. The molecule has 2 aliphatic heterocycles. The van der Waals surface area contributed by atoms with Crippen molar-refractivity contribution < 1.29 is 0 Å². The van der Waals surface area contributed by atoms with Crippen molar-refractivity contribution in [3.8, 4) is 0 Å². The van der Waals surface area contributed by atoms with E-state index in [0.717, 1.165) is 11.0 Å². The third-order valence-electron chi connectivity index (χ3n) is 4.51. The summed E-state index contributed by atoms with van der Waals surface area (Å²) < 4.78 is 2.84. The van der Waals surface area contributed by atoms with Gasteiger partial charge >= 0.3 is 88.2 Å². The van der Waals surface area contributed by atoms with Crippen molar-refractivity contribution in [2.75, 3.05) is 5.32 Å². The molecule has 0 radical (unpaired) electrons. The molecular formula is C24H17AsN2S. The number of benzene rings is 4. The third-order valence-corrected chi connectivity index (χ3v) is 8.26. The molecule has 0 saturated carbocycles. The van der Waals surface area contributed by atoms with Gasteiger partial charge in [-0.05, 0) is 24.3 Å². The van der Waals surface area contributed by atoms with Gasteiger partial charge in [0, 0.05) is 9.79 Å². The van der Waals surface area contributed by atoms with E-state index in [4.69, 9.17) is 0 Å². The topological polar surface area (TPSA) is 24.4 Å². The second kappa shape index (κ2) is 7.79. The van der Waals surface area contributed by atoms with Crippen LogP contribution in [-0.4, -0.2) is 15.3 Å². The molecule has 6 rings (SSSR count). The molecule has 4 heteroatoms. The summed E-state index contributed by atoms with van der Waals surface area (Å²) in [6, 6.07) is 33.6. The Morgan fingerprint density at radius 2 is 1.25 bits per heavy atom. The van der Waals surface area contributed by atoms with Gasteiger partial charge in [-0.3, -0.25) is 0 Å². The molecule has 1 N–H and O–H groups in total. The zero-order valence-corrected chi connectivity index (χ0v) is 17.7. The normalized spacial score (nSPS) is 12.9. The van der Waals surface area contributed by atoms with E-state index in [0.29, 0.717) is 0 Å². The van der Waals surface area contributed by atoms with Gasteiger partial charge in [0.2, 0.25) is 0 Å². The molecule has 0 aromatic heterocycles. The van der Waals surface area contributed by atoms with Crippen molar-refractivity contribution in [2.45, 2.75) is 9.79 Å². The van der Waals surface area contributed by atoms with Gasteiger partial charge in [-0.1, -0.05) is 36.0 Å². The average Bonchev–Trinajstić information content (AvgIpc) is 2.76. The summed E-state index contributed by atoms with van der Waals surface area (Å²) >= 11 is 1.95. The van der Waals surface area contributed by atoms with Crippen LogP contribution in [0.15, 0.2) is 112 Å². The van der Waals surface area contributed by atoms with Crippen LogP contribution in [0.1, 0.15) is 0 Å². The van der Waals surface area contributed by atoms with Crippen molar-refractivity contribution in [2.24, 2.45) is 4.99 Å². The predicted molar refractivity (Wildman–Crippen MR) is 118 cm³/mol. The number of fused-ring (bicyclic) bond motifs is 4. The third kappa shape index (κ3) is 3.56. The van der Waals surface area contributed by atoms with Gasteiger partial charge in [0.05, 0.1) is 11.4 Å². The molecule has 0 bridgehead atoms. The Morgan fingerprint density at radius 3 is 2.04 bits per heavy atom. The Morgan fingerprint density at radius 1 is 0.643 bits per heavy atom. The average molecular weight is 440 g/mol. The first-order valence-corrected chi connectivity index (χ1v) is 11.8. The summed E-state index contributed by atoms with van der Waals surface area (Å²) in [5, 5.41) is 4.58. The fourth-order valence-electron chi connectivity index (χ4n) is 3.15. The van der Waals surface area contributed by atoms with Crippen LogP contribution in [0.3, 0.4) is 0 Å². The SMILES string of the molecule is c1ccc2c(c1)N=c1ccccc1=[As]2.c1ccc2c(c1)Nc1ccccc1S2. The summed E-state index contributed by atoms with van der Waals surface area (Å²) in [6.07, 6.45) is 0. The Kier molecular flexibility index (Phi) is 4.86. The van der Waals surface area contributed by atoms with Gasteiger partial charge in [0.15, 0.2) is 0 Å². The molecule has 4 aromatic carbocycles. The maximum absolute atomic E-state index is 4.63. The van der Waals surface area contributed by atoms with Crippen molar-refractivity contribution in [1.82, 2.24) is 0 Å². The van der Waals surface area contributed by atoms with Crippen molar-refractivity contribution in [1.29, 1.82) is 0 Å². The fourth-order valence-corrected chi connectivity index (χ4v) is 6.36. The van der Waals surface area contributed by atoms with Gasteiger partial charge in [-0.2, -0.15) is 0 Å². The van der Waals surface area contributed by atoms with Crippen LogP contribution in [0.2, 0.25) is 0 Å². The molecule has 0 unspecified atom stereocenters. The first-order valence-electron chi connectivity index (χ1n) is 9.11. The number of nitrogens with one attached hydrogen (secondary N) is 1. The van der Waals surface area contributed by atoms with Gasteiger partial charge in [-0.25, -0.2) is 0 Å². The molecule has 2 heterocycles. The molecule has 0 spiro atoms. The maximum atomic E-state index is 4.63. The molecule has 2 aliphatic rings. The number of nitrogens with zero attached hydrogens (tertiary/aromatic N) is 1. The zero-order valence-electron chi connectivity index (χ0n) is 15.0. The monoisotopic (exact) mass is 440 g/mol. The van der Waals surface area contributed by atoms with E-state index in [1.807, 2.05) is 11.8 Å². The van der Waals surface area contributed by atoms with E-state index in [-0.39, 0.29) is 15.3 Å². The molecule has 4 aromatic rings. The van der Waals surface area contributed by atoms with E-state index in [2.05, 4.69) is 107 Å². The maximum Gasteiger partial charge on any atom is 0.0526 e. The van der Waals surface area contributed by atoms with E-state index < -0.39 is 0 Å². The van der Waals surface area contributed by atoms with E-state index in [1.54, 1.807) is 0 Å². The minimum absolute atomic E-state index is 0.133. The van der Waals surface area contributed by atoms with Crippen LogP contribution in [0, 0.1) is 3.95 Å². The molecule has 2 nitrogen and oxygen atoms in total. The van der Waals surface area contributed by atoms with Crippen LogP contribution >= 0.6 is 11.8 Å². The van der Waals surface area contributed by atoms with Gasteiger partial charge < -0.3 is 5.32 Å². The number of para-hydroxylation sites is 4. The van der Waals surface area contributed by atoms with Gasteiger partial charge in [-0.15, -0.1) is 0 Å². The van der Waals surface area contributed by atoms with E-state index in [9.17, 15) is 0 Å². The number of hydrogen-bond donors (Lipinski definition) is 1. The number of anilines is 2. The minimum atomic E-state index is 0.133. The standard InChI is InChI=1S/C12H8AsN.C12H9NS/c2*1-3-7-11-9(5-1)13-10-6-2-4-8-12(10)14-11/h1-8H;1-8,13H. The largest absolute Gasteiger partial charge is 0.354 e. The summed E-state index contributed by atoms with van der Waals surface area (Å²) in [5.74, 6) is 0. The van der Waals surface area contributed by atoms with Gasteiger partial charge in [0.25, 0.3) is 0 Å². The van der Waals surface area contributed by atoms with Crippen molar-refractivity contribution in [3.05, 3.63) is 106 Å². The Bertz CT molecular complexity index is 1140. The first kappa shape index (κ1) is 17.5. The van der Waals surface area contributed by atoms with Gasteiger partial charge in [0.1, 0.15) is 0 Å². The van der Waals surface area contributed by atoms with E-state index in [1.165, 1.54) is 29.5 Å². The summed E-state index contributed by atoms with van der Waals surface area (Å²) in [5.41, 5.74) is 3.57. The Hall–Kier alpha value is -2.61. The predicted octanol–water partition coefficient (Wildman–Crippen LogP) is 5.13. The van der Waals surface area contributed by atoms with E-state index >= 15 is 0 Å².